The van der Waals surface area contributed by atoms with Gasteiger partial charge in [0.15, 0.2) is 0 Å². The minimum Gasteiger partial charge on any atom is -0.356 e. The summed E-state index contributed by atoms with van der Waals surface area (Å²) in [6.07, 6.45) is 1.62. The van der Waals surface area contributed by atoms with E-state index in [2.05, 4.69) is 31.4 Å². The number of nitrogens with zero attached hydrogens (tertiary/aromatic N) is 1. The first kappa shape index (κ1) is 16.0. The van der Waals surface area contributed by atoms with Crippen LogP contribution in [-0.4, -0.2) is 16.6 Å². The van der Waals surface area contributed by atoms with Crippen molar-refractivity contribution in [1.82, 2.24) is 10.4 Å². The van der Waals surface area contributed by atoms with E-state index in [4.69, 9.17) is 23.2 Å². The summed E-state index contributed by atoms with van der Waals surface area (Å²) >= 11 is 14.8. The maximum absolute atomic E-state index is 13.4. The topological polar surface area (TPSA) is 57.2 Å². The number of hydrogen-bond donors (Lipinski definition) is 2. The normalized spacial score (nSPS) is 11.6. The zero-order valence-electron chi connectivity index (χ0n) is 10.7. The Hall–Kier alpha value is -1.37. The van der Waals surface area contributed by atoms with E-state index in [0.717, 1.165) is 4.47 Å². The fraction of sp³-hybridized carbons (Fsp3) is 0.0769. The van der Waals surface area contributed by atoms with E-state index >= 15 is 0 Å². The molecule has 1 aromatic carbocycles. The summed E-state index contributed by atoms with van der Waals surface area (Å²) in [6, 6.07) is 4.06. The maximum atomic E-state index is 13.4. The van der Waals surface area contributed by atoms with E-state index < -0.39 is 11.7 Å². The zero-order chi connectivity index (χ0) is 15.6. The number of aromatic nitrogens is 1. The molecule has 4 nitrogen and oxygen atoms in total. The lowest BCUT2D eigenvalue weighted by Gasteiger charge is -2.06. The Morgan fingerprint density at radius 1 is 1.33 bits per heavy atom. The molecule has 0 fully saturated rings. The van der Waals surface area contributed by atoms with Gasteiger partial charge in [-0.3, -0.25) is 4.79 Å². The number of halogens is 4. The smallest absolute Gasteiger partial charge is 0.287 e. The Morgan fingerprint density at radius 2 is 2.05 bits per heavy atom. The first-order chi connectivity index (χ1) is 9.88. The highest BCUT2D eigenvalue weighted by molar-refractivity contribution is 9.10. The van der Waals surface area contributed by atoms with Crippen LogP contribution < -0.4 is 5.43 Å². The Labute approximate surface area is 138 Å². The lowest BCUT2D eigenvalue weighted by molar-refractivity contribution is 0.0950. The highest BCUT2D eigenvalue weighted by Gasteiger charge is 2.11. The first-order valence-electron chi connectivity index (χ1n) is 5.72. The van der Waals surface area contributed by atoms with E-state index in [1.54, 1.807) is 19.2 Å². The molecular formula is C13H9BrCl2FN3O. The molecule has 0 bridgehead atoms. The molecule has 0 aliphatic rings. The Morgan fingerprint density at radius 3 is 2.67 bits per heavy atom. The monoisotopic (exact) mass is 391 g/mol. The van der Waals surface area contributed by atoms with Crippen molar-refractivity contribution in [3.8, 4) is 0 Å². The number of hydrogen-bond acceptors (Lipinski definition) is 2. The zero-order valence-corrected chi connectivity index (χ0v) is 13.8. The number of aromatic amines is 1. The summed E-state index contributed by atoms with van der Waals surface area (Å²) in [5, 5.41) is 4.08. The van der Waals surface area contributed by atoms with E-state index in [1.807, 2.05) is 0 Å². The Bertz CT molecular complexity index is 730. The van der Waals surface area contributed by atoms with Gasteiger partial charge < -0.3 is 4.98 Å². The molecule has 0 radical (unpaired) electrons. The number of rotatable bonds is 3. The van der Waals surface area contributed by atoms with Crippen molar-refractivity contribution in [2.45, 2.75) is 6.92 Å². The quantitative estimate of drug-likeness (QED) is 0.454. The number of H-pyrrole nitrogens is 1. The number of amides is 1. The first-order valence-corrected chi connectivity index (χ1v) is 7.27. The molecule has 0 atom stereocenters. The largest absolute Gasteiger partial charge is 0.356 e. The Kier molecular flexibility index (Phi) is 5.03. The molecule has 2 aromatic rings. The Balaban J connectivity index is 2.18. The molecule has 1 aromatic heterocycles. The number of hydrazone groups is 1. The minimum atomic E-state index is -0.606. The lowest BCUT2D eigenvalue weighted by atomic mass is 10.1. The molecule has 0 aliphatic heterocycles. The molecule has 110 valence electrons. The van der Waals surface area contributed by atoms with Crippen molar-refractivity contribution < 1.29 is 9.18 Å². The number of benzene rings is 1. The minimum absolute atomic E-state index is 0.0724. The van der Waals surface area contributed by atoms with Crippen LogP contribution in [0.1, 0.15) is 23.0 Å². The molecule has 1 amide bonds. The van der Waals surface area contributed by atoms with Gasteiger partial charge in [0, 0.05) is 16.2 Å². The van der Waals surface area contributed by atoms with Gasteiger partial charge in [-0.15, -0.1) is 0 Å². The molecule has 2 N–H and O–H groups in total. The molecule has 0 saturated carbocycles. The molecular weight excluding hydrogens is 384 g/mol. The van der Waals surface area contributed by atoms with Gasteiger partial charge in [0.1, 0.15) is 11.5 Å². The van der Waals surface area contributed by atoms with Crippen molar-refractivity contribution in [3.63, 3.8) is 0 Å². The second-order valence-corrected chi connectivity index (χ2v) is 5.85. The van der Waals surface area contributed by atoms with Gasteiger partial charge in [-0.1, -0.05) is 23.2 Å². The molecule has 0 aliphatic carbocycles. The summed E-state index contributed by atoms with van der Waals surface area (Å²) in [5.41, 5.74) is 3.40. The van der Waals surface area contributed by atoms with Crippen molar-refractivity contribution in [1.29, 1.82) is 0 Å². The van der Waals surface area contributed by atoms with Crippen LogP contribution in [0, 0.1) is 5.82 Å². The SMILES string of the molecule is CC(=NNC(=O)c1cc(Br)c[nH]1)c1cc(F)c(Cl)cc1Cl. The van der Waals surface area contributed by atoms with E-state index in [1.165, 1.54) is 12.1 Å². The standard InChI is InChI=1S/C13H9BrCl2FN3O/c1-6(8-3-11(17)10(16)4-9(8)15)19-20-13(21)12-2-7(14)5-18-12/h2-5,18H,1H3,(H,20,21). The van der Waals surface area contributed by atoms with Crippen LogP contribution in [0.2, 0.25) is 10.0 Å². The van der Waals surface area contributed by atoms with Crippen LogP contribution in [0.5, 0.6) is 0 Å². The fourth-order valence-corrected chi connectivity index (χ4v) is 2.42. The van der Waals surface area contributed by atoms with Crippen LogP contribution >= 0.6 is 39.1 Å². The van der Waals surface area contributed by atoms with Gasteiger partial charge in [-0.25, -0.2) is 9.82 Å². The molecule has 0 unspecified atom stereocenters. The molecule has 2 rings (SSSR count). The van der Waals surface area contributed by atoms with Gasteiger partial charge >= 0.3 is 0 Å². The van der Waals surface area contributed by atoms with Crippen LogP contribution in [0.15, 0.2) is 34.0 Å². The molecule has 1 heterocycles. The summed E-state index contributed by atoms with van der Waals surface area (Å²) in [5.74, 6) is -1.03. The maximum Gasteiger partial charge on any atom is 0.287 e. The predicted octanol–water partition coefficient (Wildman–Crippen LogP) is 4.38. The molecule has 0 saturated heterocycles. The predicted molar refractivity (Wildman–Crippen MR) is 84.6 cm³/mol. The van der Waals surface area contributed by atoms with Gasteiger partial charge in [0.25, 0.3) is 5.91 Å². The molecule has 21 heavy (non-hydrogen) atoms. The van der Waals surface area contributed by atoms with Crippen molar-refractivity contribution in [2.75, 3.05) is 0 Å². The van der Waals surface area contributed by atoms with Crippen LogP contribution in [0.3, 0.4) is 0 Å². The molecule has 8 heteroatoms. The summed E-state index contributed by atoms with van der Waals surface area (Å²) in [4.78, 5) is 14.6. The highest BCUT2D eigenvalue weighted by atomic mass is 79.9. The summed E-state index contributed by atoms with van der Waals surface area (Å²) in [6.45, 7) is 1.60. The third kappa shape index (κ3) is 3.84. The van der Waals surface area contributed by atoms with Gasteiger partial charge in [0.2, 0.25) is 0 Å². The van der Waals surface area contributed by atoms with E-state index in [9.17, 15) is 9.18 Å². The second-order valence-electron chi connectivity index (χ2n) is 4.12. The second kappa shape index (κ2) is 6.60. The van der Waals surface area contributed by atoms with Gasteiger partial charge in [-0.05, 0) is 41.1 Å². The third-order valence-corrected chi connectivity index (χ3v) is 3.68. The number of carbonyl (C=O) groups excluding carboxylic acids is 1. The lowest BCUT2D eigenvalue weighted by Crippen LogP contribution is -2.19. The highest BCUT2D eigenvalue weighted by Crippen LogP contribution is 2.24. The molecule has 0 spiro atoms. The van der Waals surface area contributed by atoms with Crippen LogP contribution in [0.4, 0.5) is 4.39 Å². The van der Waals surface area contributed by atoms with Crippen LogP contribution in [-0.2, 0) is 0 Å². The number of nitrogens with one attached hydrogen (secondary N) is 2. The number of carbonyl (C=O) groups is 1. The summed E-state index contributed by atoms with van der Waals surface area (Å²) < 4.78 is 14.2. The van der Waals surface area contributed by atoms with Crippen molar-refractivity contribution in [3.05, 3.63) is 56.0 Å². The average molecular weight is 393 g/mol. The van der Waals surface area contributed by atoms with E-state index in [0.29, 0.717) is 17.0 Å². The van der Waals surface area contributed by atoms with Crippen molar-refractivity contribution >= 4 is 50.8 Å². The van der Waals surface area contributed by atoms with E-state index in [-0.39, 0.29) is 10.0 Å². The third-order valence-electron chi connectivity index (χ3n) is 2.62. The van der Waals surface area contributed by atoms with Crippen molar-refractivity contribution in [2.24, 2.45) is 5.10 Å². The van der Waals surface area contributed by atoms with Gasteiger partial charge in [0.05, 0.1) is 15.8 Å². The average Bonchev–Trinajstić information content (AvgIpc) is 2.86. The fourth-order valence-electron chi connectivity index (χ4n) is 1.55. The summed E-state index contributed by atoms with van der Waals surface area (Å²) in [7, 11) is 0. The van der Waals surface area contributed by atoms with Gasteiger partial charge in [-0.2, -0.15) is 5.10 Å². The van der Waals surface area contributed by atoms with Crippen LogP contribution in [0.25, 0.3) is 0 Å².